The maximum absolute atomic E-state index is 12.4. The van der Waals surface area contributed by atoms with Gasteiger partial charge in [0.05, 0.1) is 0 Å². The molecule has 0 fully saturated rings. The molecule has 0 aliphatic rings. The summed E-state index contributed by atoms with van der Waals surface area (Å²) in [7, 11) is 3.55. The van der Waals surface area contributed by atoms with Crippen LogP contribution in [0.1, 0.15) is 11.1 Å². The van der Waals surface area contributed by atoms with E-state index in [9.17, 15) is 9.59 Å². The van der Waals surface area contributed by atoms with E-state index in [-0.39, 0.29) is 5.57 Å². The van der Waals surface area contributed by atoms with Crippen molar-refractivity contribution >= 4 is 11.8 Å². The van der Waals surface area contributed by atoms with Gasteiger partial charge in [-0.1, -0.05) is 60.7 Å². The molecule has 2 aromatic carbocycles. The predicted octanol–water partition coefficient (Wildman–Crippen LogP) is 2.06. The Balaban J connectivity index is 1.99. The second-order valence-corrected chi connectivity index (χ2v) is 5.84. The molecule has 0 heterocycles. The van der Waals surface area contributed by atoms with E-state index in [0.29, 0.717) is 13.1 Å². The molecule has 0 bridgehead atoms. The first-order valence-electron chi connectivity index (χ1n) is 8.09. The minimum Gasteiger partial charge on any atom is -0.383 e. The zero-order valence-electron chi connectivity index (χ0n) is 14.5. The lowest BCUT2D eigenvalue weighted by Gasteiger charge is -2.13. The van der Waals surface area contributed by atoms with Crippen molar-refractivity contribution in [2.75, 3.05) is 14.1 Å². The number of nitrogens with one attached hydrogen (secondary N) is 2. The third-order valence-electron chi connectivity index (χ3n) is 3.47. The van der Waals surface area contributed by atoms with Crippen LogP contribution in [0.25, 0.3) is 0 Å². The lowest BCUT2D eigenvalue weighted by atomic mass is 10.2. The lowest BCUT2D eigenvalue weighted by molar-refractivity contribution is -0.123. The van der Waals surface area contributed by atoms with Crippen molar-refractivity contribution in [1.82, 2.24) is 15.5 Å². The van der Waals surface area contributed by atoms with E-state index in [4.69, 9.17) is 0 Å². The van der Waals surface area contributed by atoms with Crippen molar-refractivity contribution in [2.24, 2.45) is 0 Å². The van der Waals surface area contributed by atoms with Gasteiger partial charge in [-0.05, 0) is 11.1 Å². The highest BCUT2D eigenvalue weighted by atomic mass is 16.2. The second-order valence-electron chi connectivity index (χ2n) is 5.84. The summed E-state index contributed by atoms with van der Waals surface area (Å²) in [5, 5.41) is 5.58. The highest BCUT2D eigenvalue weighted by Crippen LogP contribution is 2.03. The summed E-state index contributed by atoms with van der Waals surface area (Å²) in [4.78, 5) is 26.6. The number of nitrogens with zero attached hydrogens (tertiary/aromatic N) is 1. The zero-order chi connectivity index (χ0) is 18.1. The number of amides is 2. The summed E-state index contributed by atoms with van der Waals surface area (Å²) in [6.07, 6.45) is 1.53. The number of hydrogen-bond acceptors (Lipinski definition) is 3. The molecular formula is C20H23N3O2. The van der Waals surface area contributed by atoms with E-state index < -0.39 is 11.8 Å². The molecule has 0 saturated heterocycles. The number of carbonyl (C=O) groups excluding carboxylic acids is 2. The van der Waals surface area contributed by atoms with Gasteiger partial charge in [-0.15, -0.1) is 0 Å². The van der Waals surface area contributed by atoms with Crippen LogP contribution in [0.3, 0.4) is 0 Å². The maximum atomic E-state index is 12.4. The fourth-order valence-corrected chi connectivity index (χ4v) is 2.23. The van der Waals surface area contributed by atoms with E-state index in [1.54, 1.807) is 19.0 Å². The summed E-state index contributed by atoms with van der Waals surface area (Å²) in [6, 6.07) is 19.1. The highest BCUT2D eigenvalue weighted by Gasteiger charge is 2.18. The topological polar surface area (TPSA) is 61.4 Å². The van der Waals surface area contributed by atoms with Crippen molar-refractivity contribution in [1.29, 1.82) is 0 Å². The van der Waals surface area contributed by atoms with Gasteiger partial charge in [-0.2, -0.15) is 0 Å². The molecule has 2 N–H and O–H groups in total. The summed E-state index contributed by atoms with van der Waals surface area (Å²) in [5.74, 6) is -0.800. The largest absolute Gasteiger partial charge is 0.383 e. The summed E-state index contributed by atoms with van der Waals surface area (Å²) in [5.41, 5.74) is 2.03. The Labute approximate surface area is 148 Å². The van der Waals surface area contributed by atoms with Gasteiger partial charge in [0.2, 0.25) is 0 Å². The average molecular weight is 337 g/mol. The summed E-state index contributed by atoms with van der Waals surface area (Å²) >= 11 is 0. The normalized spacial score (nSPS) is 9.84. The van der Waals surface area contributed by atoms with Crippen molar-refractivity contribution in [3.8, 4) is 0 Å². The van der Waals surface area contributed by atoms with Crippen LogP contribution in [-0.4, -0.2) is 30.8 Å². The molecule has 130 valence electrons. The van der Waals surface area contributed by atoms with Gasteiger partial charge in [0.25, 0.3) is 11.8 Å². The Hall–Kier alpha value is -3.08. The van der Waals surface area contributed by atoms with Crippen LogP contribution < -0.4 is 10.6 Å². The van der Waals surface area contributed by atoms with Crippen molar-refractivity contribution in [3.63, 3.8) is 0 Å². The van der Waals surface area contributed by atoms with Crippen LogP contribution in [0, 0.1) is 0 Å². The molecular weight excluding hydrogens is 314 g/mol. The smallest absolute Gasteiger partial charge is 0.258 e. The van der Waals surface area contributed by atoms with Gasteiger partial charge in [-0.3, -0.25) is 9.59 Å². The molecule has 0 aliphatic carbocycles. The fourth-order valence-electron chi connectivity index (χ4n) is 2.23. The molecule has 0 spiro atoms. The predicted molar refractivity (Wildman–Crippen MR) is 98.3 cm³/mol. The second kappa shape index (κ2) is 9.27. The van der Waals surface area contributed by atoms with Crippen LogP contribution in [0.5, 0.6) is 0 Å². The van der Waals surface area contributed by atoms with Gasteiger partial charge in [-0.25, -0.2) is 0 Å². The molecule has 2 rings (SSSR count). The van der Waals surface area contributed by atoms with E-state index >= 15 is 0 Å². The Morgan fingerprint density at radius 1 is 0.800 bits per heavy atom. The van der Waals surface area contributed by atoms with Crippen LogP contribution >= 0.6 is 0 Å². The Bertz CT molecular complexity index is 668. The fraction of sp³-hybridized carbons (Fsp3) is 0.200. The highest BCUT2D eigenvalue weighted by molar-refractivity contribution is 6.18. The molecule has 0 atom stereocenters. The molecule has 25 heavy (non-hydrogen) atoms. The quantitative estimate of drug-likeness (QED) is 0.462. The molecule has 5 heteroatoms. The Morgan fingerprint density at radius 2 is 1.20 bits per heavy atom. The van der Waals surface area contributed by atoms with Gasteiger partial charge in [0, 0.05) is 33.4 Å². The number of hydrogen-bond donors (Lipinski definition) is 2. The summed E-state index contributed by atoms with van der Waals surface area (Å²) < 4.78 is 0. The molecule has 0 aromatic heterocycles. The molecule has 0 radical (unpaired) electrons. The lowest BCUT2D eigenvalue weighted by Crippen LogP contribution is -2.35. The molecule has 0 unspecified atom stereocenters. The van der Waals surface area contributed by atoms with Crippen molar-refractivity contribution in [3.05, 3.63) is 83.6 Å². The zero-order valence-corrected chi connectivity index (χ0v) is 14.5. The number of rotatable bonds is 7. The average Bonchev–Trinajstić information content (AvgIpc) is 2.64. The first kappa shape index (κ1) is 18.3. The van der Waals surface area contributed by atoms with E-state index in [2.05, 4.69) is 10.6 Å². The number of benzene rings is 2. The van der Waals surface area contributed by atoms with Crippen LogP contribution in [-0.2, 0) is 22.7 Å². The molecule has 0 aliphatic heterocycles. The third kappa shape index (κ3) is 6.14. The van der Waals surface area contributed by atoms with E-state index in [1.165, 1.54) is 6.20 Å². The number of carbonyl (C=O) groups is 2. The van der Waals surface area contributed by atoms with Gasteiger partial charge in [0.15, 0.2) is 0 Å². The molecule has 2 aromatic rings. The molecule has 5 nitrogen and oxygen atoms in total. The Kier molecular flexibility index (Phi) is 6.77. The first-order valence-corrected chi connectivity index (χ1v) is 8.09. The molecule has 0 saturated carbocycles. The molecule has 2 amide bonds. The van der Waals surface area contributed by atoms with E-state index in [0.717, 1.165) is 11.1 Å². The van der Waals surface area contributed by atoms with Crippen LogP contribution in [0.2, 0.25) is 0 Å². The minimum absolute atomic E-state index is 0.0804. The summed E-state index contributed by atoms with van der Waals surface area (Å²) in [6.45, 7) is 0.743. The van der Waals surface area contributed by atoms with Crippen LogP contribution in [0.4, 0.5) is 0 Å². The van der Waals surface area contributed by atoms with Crippen LogP contribution in [0.15, 0.2) is 72.4 Å². The van der Waals surface area contributed by atoms with E-state index in [1.807, 2.05) is 60.7 Å². The standard InChI is InChI=1S/C20H23N3O2/c1-23(2)15-18(19(24)21-13-16-9-5-3-6-10-16)20(25)22-14-17-11-7-4-8-12-17/h3-12,15H,13-14H2,1-2H3,(H,21,24)(H,22,25). The third-order valence-corrected chi connectivity index (χ3v) is 3.47. The van der Waals surface area contributed by atoms with Crippen molar-refractivity contribution < 1.29 is 9.59 Å². The minimum atomic E-state index is -0.400. The first-order chi connectivity index (χ1) is 12.1. The maximum Gasteiger partial charge on any atom is 0.258 e. The van der Waals surface area contributed by atoms with Crippen molar-refractivity contribution in [2.45, 2.75) is 13.1 Å². The van der Waals surface area contributed by atoms with Gasteiger partial charge >= 0.3 is 0 Å². The van der Waals surface area contributed by atoms with Gasteiger partial charge < -0.3 is 15.5 Å². The monoisotopic (exact) mass is 337 g/mol. The van der Waals surface area contributed by atoms with Gasteiger partial charge in [0.1, 0.15) is 5.57 Å². The SMILES string of the molecule is CN(C)C=C(C(=O)NCc1ccccc1)C(=O)NCc1ccccc1. The Morgan fingerprint density at radius 3 is 1.56 bits per heavy atom.